The molecular weight excluding hydrogens is 270 g/mol. The minimum Gasteiger partial charge on any atom is -0.301 e. The molecule has 5 heteroatoms. The Kier molecular flexibility index (Phi) is 2.83. The quantitative estimate of drug-likeness (QED) is 0.838. The van der Waals surface area contributed by atoms with Crippen LogP contribution in [0.2, 0.25) is 0 Å². The zero-order valence-electron chi connectivity index (χ0n) is 11.3. The SMILES string of the molecule is N#Cc1ccsc1N1CC[C@H](N2C[C@@H]3CCC[C@@H]32)C1=O. The monoisotopic (exact) mass is 287 g/mol. The van der Waals surface area contributed by atoms with Crippen molar-refractivity contribution in [1.29, 1.82) is 5.26 Å². The van der Waals surface area contributed by atoms with E-state index in [1.165, 1.54) is 30.6 Å². The molecule has 0 aromatic carbocycles. The van der Waals surface area contributed by atoms with Gasteiger partial charge in [-0.05, 0) is 36.6 Å². The third-order valence-corrected chi connectivity index (χ3v) is 6.01. The summed E-state index contributed by atoms with van der Waals surface area (Å²) in [7, 11) is 0. The van der Waals surface area contributed by atoms with Crippen LogP contribution in [0.15, 0.2) is 11.4 Å². The number of nitrogens with zero attached hydrogens (tertiary/aromatic N) is 3. The number of fused-ring (bicyclic) bond motifs is 1. The molecule has 3 heterocycles. The molecule has 3 atom stereocenters. The lowest BCUT2D eigenvalue weighted by Crippen LogP contribution is -2.59. The molecule has 1 aromatic heterocycles. The van der Waals surface area contributed by atoms with Gasteiger partial charge in [0.1, 0.15) is 11.1 Å². The van der Waals surface area contributed by atoms with Gasteiger partial charge in [0.2, 0.25) is 5.91 Å². The number of anilines is 1. The molecule has 3 aliphatic rings. The fourth-order valence-corrected chi connectivity index (χ4v) is 4.95. The molecule has 104 valence electrons. The second kappa shape index (κ2) is 4.57. The molecule has 4 nitrogen and oxygen atoms in total. The number of likely N-dealkylation sites (tertiary alicyclic amines) is 1. The van der Waals surface area contributed by atoms with Gasteiger partial charge in [0.15, 0.2) is 0 Å². The summed E-state index contributed by atoms with van der Waals surface area (Å²) in [6.45, 7) is 1.86. The smallest absolute Gasteiger partial charge is 0.245 e. The minimum atomic E-state index is 0.0583. The summed E-state index contributed by atoms with van der Waals surface area (Å²) in [5.74, 6) is 1.04. The number of carbonyl (C=O) groups is 1. The number of hydrogen-bond donors (Lipinski definition) is 0. The summed E-state index contributed by atoms with van der Waals surface area (Å²) in [6.07, 6.45) is 4.83. The van der Waals surface area contributed by atoms with Crippen molar-refractivity contribution in [3.8, 4) is 6.07 Å². The van der Waals surface area contributed by atoms with Crippen molar-refractivity contribution in [2.45, 2.75) is 37.8 Å². The maximum absolute atomic E-state index is 12.7. The lowest BCUT2D eigenvalue weighted by atomic mass is 9.89. The average Bonchev–Trinajstić information content (AvgIpc) is 3.11. The molecule has 4 rings (SSSR count). The Bertz CT molecular complexity index is 590. The number of nitriles is 1. The molecule has 1 amide bonds. The number of thiophene rings is 1. The fraction of sp³-hybridized carbons (Fsp3) is 0.600. The Hall–Kier alpha value is -1.38. The van der Waals surface area contributed by atoms with Crippen LogP contribution in [-0.4, -0.2) is 36.0 Å². The number of amides is 1. The van der Waals surface area contributed by atoms with E-state index in [2.05, 4.69) is 11.0 Å². The van der Waals surface area contributed by atoms with E-state index in [1.807, 2.05) is 10.3 Å². The van der Waals surface area contributed by atoms with Crippen molar-refractivity contribution < 1.29 is 4.79 Å². The predicted octanol–water partition coefficient (Wildman–Crippen LogP) is 2.21. The molecule has 3 fully saturated rings. The summed E-state index contributed by atoms with van der Waals surface area (Å²) in [6, 6.07) is 4.70. The van der Waals surface area contributed by atoms with Crippen molar-refractivity contribution in [3.05, 3.63) is 17.0 Å². The van der Waals surface area contributed by atoms with Gasteiger partial charge in [0.05, 0.1) is 11.6 Å². The van der Waals surface area contributed by atoms with Crippen molar-refractivity contribution in [3.63, 3.8) is 0 Å². The second-order valence-electron chi connectivity index (χ2n) is 6.00. The summed E-state index contributed by atoms with van der Waals surface area (Å²) in [5.41, 5.74) is 0.631. The summed E-state index contributed by atoms with van der Waals surface area (Å²) >= 11 is 1.50. The fourth-order valence-electron chi connectivity index (χ4n) is 4.06. The molecule has 0 N–H and O–H groups in total. The van der Waals surface area contributed by atoms with E-state index in [0.717, 1.165) is 30.4 Å². The number of carbonyl (C=O) groups excluding carboxylic acids is 1. The molecule has 0 spiro atoms. The molecule has 0 unspecified atom stereocenters. The highest BCUT2D eigenvalue weighted by Gasteiger charge is 2.49. The number of hydrogen-bond acceptors (Lipinski definition) is 4. The summed E-state index contributed by atoms with van der Waals surface area (Å²) < 4.78 is 0. The second-order valence-corrected chi connectivity index (χ2v) is 6.90. The normalized spacial score (nSPS) is 33.0. The van der Waals surface area contributed by atoms with Gasteiger partial charge in [-0.1, -0.05) is 6.42 Å². The van der Waals surface area contributed by atoms with Gasteiger partial charge in [-0.2, -0.15) is 5.26 Å². The average molecular weight is 287 g/mol. The van der Waals surface area contributed by atoms with E-state index in [4.69, 9.17) is 5.26 Å². The van der Waals surface area contributed by atoms with E-state index in [0.29, 0.717) is 11.6 Å². The van der Waals surface area contributed by atoms with Crippen LogP contribution in [0.3, 0.4) is 0 Å². The van der Waals surface area contributed by atoms with Crippen molar-refractivity contribution in [2.24, 2.45) is 5.92 Å². The lowest BCUT2D eigenvalue weighted by Gasteiger charge is -2.47. The van der Waals surface area contributed by atoms with Crippen molar-refractivity contribution in [2.75, 3.05) is 18.0 Å². The van der Waals surface area contributed by atoms with E-state index in [1.54, 1.807) is 6.07 Å². The molecule has 20 heavy (non-hydrogen) atoms. The zero-order valence-corrected chi connectivity index (χ0v) is 12.1. The Morgan fingerprint density at radius 2 is 2.25 bits per heavy atom. The molecule has 0 radical (unpaired) electrons. The highest BCUT2D eigenvalue weighted by Crippen LogP contribution is 2.42. The Morgan fingerprint density at radius 1 is 1.35 bits per heavy atom. The highest BCUT2D eigenvalue weighted by molar-refractivity contribution is 7.14. The highest BCUT2D eigenvalue weighted by atomic mass is 32.1. The third kappa shape index (κ3) is 1.65. The van der Waals surface area contributed by atoms with Crippen LogP contribution in [0.1, 0.15) is 31.2 Å². The van der Waals surface area contributed by atoms with E-state index >= 15 is 0 Å². The van der Waals surface area contributed by atoms with Crippen LogP contribution in [0, 0.1) is 17.2 Å². The van der Waals surface area contributed by atoms with Crippen LogP contribution in [0.4, 0.5) is 5.00 Å². The van der Waals surface area contributed by atoms with Gasteiger partial charge in [-0.15, -0.1) is 11.3 Å². The van der Waals surface area contributed by atoms with Gasteiger partial charge in [-0.25, -0.2) is 0 Å². The van der Waals surface area contributed by atoms with Gasteiger partial charge in [0, 0.05) is 19.1 Å². The van der Waals surface area contributed by atoms with Crippen LogP contribution < -0.4 is 4.90 Å². The summed E-state index contributed by atoms with van der Waals surface area (Å²) in [4.78, 5) is 16.9. The minimum absolute atomic E-state index is 0.0583. The first-order valence-electron chi connectivity index (χ1n) is 7.34. The molecule has 2 aliphatic heterocycles. The van der Waals surface area contributed by atoms with Crippen molar-refractivity contribution >= 4 is 22.2 Å². The van der Waals surface area contributed by atoms with Gasteiger partial charge in [-0.3, -0.25) is 9.69 Å². The predicted molar refractivity (Wildman–Crippen MR) is 77.6 cm³/mol. The standard InChI is InChI=1S/C15H17N3OS/c16-8-10-5-7-20-15(10)17-6-4-13(14(17)19)18-9-11-2-1-3-12(11)18/h5,7,11-13H,1-4,6,9H2/t11-,12-,13-/m0/s1. The Labute approximate surface area is 122 Å². The molecule has 1 saturated carbocycles. The van der Waals surface area contributed by atoms with Crippen LogP contribution >= 0.6 is 11.3 Å². The van der Waals surface area contributed by atoms with E-state index in [9.17, 15) is 4.79 Å². The van der Waals surface area contributed by atoms with Crippen molar-refractivity contribution in [1.82, 2.24) is 4.90 Å². The van der Waals surface area contributed by atoms with Gasteiger partial charge < -0.3 is 4.90 Å². The molecule has 0 bridgehead atoms. The molecule has 1 aliphatic carbocycles. The first kappa shape index (κ1) is 12.4. The van der Waals surface area contributed by atoms with Gasteiger partial charge in [0.25, 0.3) is 0 Å². The lowest BCUT2D eigenvalue weighted by molar-refractivity contribution is -0.126. The molecule has 1 aromatic rings. The molecular formula is C15H17N3OS. The van der Waals surface area contributed by atoms with Crippen LogP contribution in [0.25, 0.3) is 0 Å². The molecule has 2 saturated heterocycles. The first-order chi connectivity index (χ1) is 9.79. The number of rotatable bonds is 2. The topological polar surface area (TPSA) is 47.3 Å². The maximum atomic E-state index is 12.7. The van der Waals surface area contributed by atoms with E-state index in [-0.39, 0.29) is 11.9 Å². The summed E-state index contributed by atoms with van der Waals surface area (Å²) in [5, 5.41) is 11.8. The van der Waals surface area contributed by atoms with Gasteiger partial charge >= 0.3 is 0 Å². The Balaban J connectivity index is 1.53. The van der Waals surface area contributed by atoms with E-state index < -0.39 is 0 Å². The third-order valence-electron chi connectivity index (χ3n) is 5.08. The first-order valence-corrected chi connectivity index (χ1v) is 8.22. The Morgan fingerprint density at radius 3 is 3.05 bits per heavy atom. The maximum Gasteiger partial charge on any atom is 0.245 e. The van der Waals surface area contributed by atoms with Crippen LogP contribution in [-0.2, 0) is 4.79 Å². The zero-order chi connectivity index (χ0) is 13.7. The van der Waals surface area contributed by atoms with Crippen LogP contribution in [0.5, 0.6) is 0 Å². The largest absolute Gasteiger partial charge is 0.301 e.